The smallest absolute Gasteiger partial charge is 0.353 e. The standard InChI is InChI=1S/C11H14N2O3S/c1-5(2)8-10(14)12-6-4-13(3)7(11(15)16)9(6)17-8/h4-5,8H,1-3H3,(H,12,14)(H,15,16). The molecule has 2 heterocycles. The van der Waals surface area contributed by atoms with Gasteiger partial charge in [0.05, 0.1) is 15.8 Å². The number of fused-ring (bicyclic) bond motifs is 1. The summed E-state index contributed by atoms with van der Waals surface area (Å²) >= 11 is 1.34. The van der Waals surface area contributed by atoms with Crippen molar-refractivity contribution in [1.29, 1.82) is 0 Å². The van der Waals surface area contributed by atoms with E-state index in [0.717, 1.165) is 0 Å². The van der Waals surface area contributed by atoms with Gasteiger partial charge in [-0.1, -0.05) is 13.8 Å². The lowest BCUT2D eigenvalue weighted by Crippen LogP contribution is -2.32. The van der Waals surface area contributed by atoms with Gasteiger partial charge in [-0.25, -0.2) is 4.79 Å². The summed E-state index contributed by atoms with van der Waals surface area (Å²) < 4.78 is 1.53. The van der Waals surface area contributed by atoms with E-state index >= 15 is 0 Å². The van der Waals surface area contributed by atoms with E-state index in [0.29, 0.717) is 10.6 Å². The molecular weight excluding hydrogens is 240 g/mol. The van der Waals surface area contributed by atoms with Crippen LogP contribution in [0.15, 0.2) is 11.1 Å². The number of aryl methyl sites for hydroxylation is 1. The Labute approximate surface area is 103 Å². The third kappa shape index (κ3) is 1.93. The maximum atomic E-state index is 11.8. The number of carboxylic acids is 1. The number of nitrogens with zero attached hydrogens (tertiary/aromatic N) is 1. The number of amides is 1. The van der Waals surface area contributed by atoms with Gasteiger partial charge in [0.2, 0.25) is 5.91 Å². The highest BCUT2D eigenvalue weighted by Crippen LogP contribution is 2.41. The van der Waals surface area contributed by atoms with E-state index in [1.165, 1.54) is 16.3 Å². The predicted octanol–water partition coefficient (Wildman–Crippen LogP) is 1.79. The molecule has 5 nitrogen and oxygen atoms in total. The van der Waals surface area contributed by atoms with Crippen LogP contribution in [0, 0.1) is 5.92 Å². The molecule has 0 saturated heterocycles. The topological polar surface area (TPSA) is 71.3 Å². The summed E-state index contributed by atoms with van der Waals surface area (Å²) in [6.45, 7) is 3.90. The van der Waals surface area contributed by atoms with Crippen LogP contribution in [-0.2, 0) is 11.8 Å². The summed E-state index contributed by atoms with van der Waals surface area (Å²) in [5.41, 5.74) is 0.826. The molecule has 2 rings (SSSR count). The van der Waals surface area contributed by atoms with Crippen molar-refractivity contribution in [3.63, 3.8) is 0 Å². The zero-order valence-corrected chi connectivity index (χ0v) is 10.7. The van der Waals surface area contributed by atoms with Crippen LogP contribution in [0.1, 0.15) is 24.3 Å². The number of anilines is 1. The van der Waals surface area contributed by atoms with Crippen LogP contribution < -0.4 is 5.32 Å². The molecule has 2 N–H and O–H groups in total. The average molecular weight is 254 g/mol. The normalized spacial score (nSPS) is 19.1. The number of carbonyl (C=O) groups is 2. The number of hydrogen-bond acceptors (Lipinski definition) is 3. The van der Waals surface area contributed by atoms with Crippen LogP contribution in [0.4, 0.5) is 5.69 Å². The maximum absolute atomic E-state index is 11.8. The molecule has 1 aliphatic heterocycles. The van der Waals surface area contributed by atoms with Crippen LogP contribution in [0.5, 0.6) is 0 Å². The van der Waals surface area contributed by atoms with Gasteiger partial charge in [-0.2, -0.15) is 0 Å². The molecule has 1 aromatic rings. The second kappa shape index (κ2) is 4.10. The van der Waals surface area contributed by atoms with E-state index in [-0.39, 0.29) is 22.8 Å². The van der Waals surface area contributed by atoms with Crippen LogP contribution in [0.3, 0.4) is 0 Å². The number of hydrogen-bond donors (Lipinski definition) is 2. The van der Waals surface area contributed by atoms with Gasteiger partial charge in [-0.15, -0.1) is 11.8 Å². The minimum Gasteiger partial charge on any atom is -0.477 e. The molecular formula is C11H14N2O3S. The van der Waals surface area contributed by atoms with Crippen molar-refractivity contribution in [2.75, 3.05) is 5.32 Å². The summed E-state index contributed by atoms with van der Waals surface area (Å²) in [7, 11) is 1.67. The zero-order chi connectivity index (χ0) is 12.7. The molecule has 1 amide bonds. The van der Waals surface area contributed by atoms with E-state index in [9.17, 15) is 9.59 Å². The molecule has 6 heteroatoms. The molecule has 0 spiro atoms. The first-order valence-electron chi connectivity index (χ1n) is 5.32. The van der Waals surface area contributed by atoms with Gasteiger partial charge >= 0.3 is 5.97 Å². The van der Waals surface area contributed by atoms with E-state index in [1.807, 2.05) is 13.8 Å². The van der Waals surface area contributed by atoms with Gasteiger partial charge in [0.1, 0.15) is 5.69 Å². The Morgan fingerprint density at radius 1 is 1.59 bits per heavy atom. The third-order valence-electron chi connectivity index (χ3n) is 2.70. The van der Waals surface area contributed by atoms with Crippen molar-refractivity contribution >= 4 is 29.3 Å². The molecule has 0 radical (unpaired) electrons. The fourth-order valence-corrected chi connectivity index (χ4v) is 3.15. The molecule has 1 unspecified atom stereocenters. The van der Waals surface area contributed by atoms with Gasteiger partial charge in [-0.3, -0.25) is 4.79 Å². The first-order chi connectivity index (χ1) is 7.91. The van der Waals surface area contributed by atoms with Crippen molar-refractivity contribution in [2.45, 2.75) is 24.0 Å². The molecule has 0 saturated carbocycles. The van der Waals surface area contributed by atoms with Crippen molar-refractivity contribution in [1.82, 2.24) is 4.57 Å². The van der Waals surface area contributed by atoms with Crippen LogP contribution in [-0.4, -0.2) is 26.8 Å². The largest absolute Gasteiger partial charge is 0.477 e. The van der Waals surface area contributed by atoms with E-state index in [2.05, 4.69) is 5.32 Å². The lowest BCUT2D eigenvalue weighted by Gasteiger charge is -2.24. The fourth-order valence-electron chi connectivity index (χ4n) is 1.88. The van der Waals surface area contributed by atoms with E-state index in [1.54, 1.807) is 13.2 Å². The number of carboxylic acid groups (broad SMARTS) is 1. The lowest BCUT2D eigenvalue weighted by atomic mass is 10.1. The summed E-state index contributed by atoms with van der Waals surface area (Å²) in [5, 5.41) is 11.7. The molecule has 1 aromatic heterocycles. The van der Waals surface area contributed by atoms with E-state index in [4.69, 9.17) is 5.11 Å². The van der Waals surface area contributed by atoms with Crippen molar-refractivity contribution in [3.05, 3.63) is 11.9 Å². The Kier molecular flexibility index (Phi) is 2.91. The number of aromatic carboxylic acids is 1. The quantitative estimate of drug-likeness (QED) is 0.844. The summed E-state index contributed by atoms with van der Waals surface area (Å²) in [5.74, 6) is -0.866. The zero-order valence-electron chi connectivity index (χ0n) is 9.85. The van der Waals surface area contributed by atoms with Crippen LogP contribution in [0.2, 0.25) is 0 Å². The first-order valence-corrected chi connectivity index (χ1v) is 6.20. The molecule has 0 fully saturated rings. The van der Waals surface area contributed by atoms with Gasteiger partial charge in [-0.05, 0) is 5.92 Å². The number of carbonyl (C=O) groups excluding carboxylic acids is 1. The highest BCUT2D eigenvalue weighted by molar-refractivity contribution is 8.01. The number of thioether (sulfide) groups is 1. The average Bonchev–Trinajstić information content (AvgIpc) is 2.51. The SMILES string of the molecule is CC(C)C1Sc2c(cn(C)c2C(=O)O)NC1=O. The number of aromatic nitrogens is 1. The van der Waals surface area contributed by atoms with Gasteiger partial charge in [0.25, 0.3) is 0 Å². The second-order valence-corrected chi connectivity index (χ2v) is 5.56. The van der Waals surface area contributed by atoms with Crippen molar-refractivity contribution in [2.24, 2.45) is 13.0 Å². The van der Waals surface area contributed by atoms with Gasteiger partial charge in [0, 0.05) is 13.2 Å². The molecule has 0 aliphatic carbocycles. The minimum absolute atomic E-state index is 0.0555. The van der Waals surface area contributed by atoms with Crippen LogP contribution >= 0.6 is 11.8 Å². The Morgan fingerprint density at radius 3 is 2.76 bits per heavy atom. The summed E-state index contributed by atoms with van der Waals surface area (Å²) in [6.07, 6.45) is 1.64. The third-order valence-corrected chi connectivity index (χ3v) is 4.37. The molecule has 0 bridgehead atoms. The Hall–Kier alpha value is -1.43. The monoisotopic (exact) mass is 254 g/mol. The van der Waals surface area contributed by atoms with Crippen LogP contribution in [0.25, 0.3) is 0 Å². The predicted molar refractivity (Wildman–Crippen MR) is 65.5 cm³/mol. The lowest BCUT2D eigenvalue weighted by molar-refractivity contribution is -0.116. The minimum atomic E-state index is -0.972. The Bertz CT molecular complexity index is 493. The maximum Gasteiger partial charge on any atom is 0.353 e. The molecule has 17 heavy (non-hydrogen) atoms. The number of rotatable bonds is 2. The molecule has 92 valence electrons. The van der Waals surface area contributed by atoms with Crippen molar-refractivity contribution in [3.8, 4) is 0 Å². The van der Waals surface area contributed by atoms with Crippen molar-refractivity contribution < 1.29 is 14.7 Å². The first kappa shape index (κ1) is 12.0. The molecule has 0 aromatic carbocycles. The molecule has 1 atom stereocenters. The number of nitrogens with one attached hydrogen (secondary N) is 1. The highest BCUT2D eigenvalue weighted by atomic mass is 32.2. The van der Waals surface area contributed by atoms with E-state index < -0.39 is 5.97 Å². The second-order valence-electron chi connectivity index (χ2n) is 4.41. The Morgan fingerprint density at radius 2 is 2.24 bits per heavy atom. The Balaban J connectivity index is 2.47. The van der Waals surface area contributed by atoms with Gasteiger partial charge < -0.3 is 15.0 Å². The highest BCUT2D eigenvalue weighted by Gasteiger charge is 2.34. The summed E-state index contributed by atoms with van der Waals surface area (Å²) in [4.78, 5) is 23.6. The summed E-state index contributed by atoms with van der Waals surface area (Å²) in [6, 6.07) is 0. The molecule has 1 aliphatic rings. The fraction of sp³-hybridized carbons (Fsp3) is 0.455. The van der Waals surface area contributed by atoms with Gasteiger partial charge in [0.15, 0.2) is 0 Å².